The van der Waals surface area contributed by atoms with Crippen molar-refractivity contribution >= 4 is 27.7 Å². The number of rotatable bonds is 3. The van der Waals surface area contributed by atoms with Gasteiger partial charge in [-0.15, -0.1) is 0 Å². The summed E-state index contributed by atoms with van der Waals surface area (Å²) in [5.74, 6) is -0.237. The second-order valence-electron chi connectivity index (χ2n) is 4.83. The lowest BCUT2D eigenvalue weighted by Gasteiger charge is -2.34. The Morgan fingerprint density at radius 1 is 1.24 bits per heavy atom. The molecule has 0 aromatic carbocycles. The van der Waals surface area contributed by atoms with E-state index in [1.165, 1.54) is 22.7 Å². The van der Waals surface area contributed by atoms with Gasteiger partial charge in [0.15, 0.2) is 0 Å². The van der Waals surface area contributed by atoms with Gasteiger partial charge in [-0.1, -0.05) is 17.7 Å². The number of piperazine rings is 1. The van der Waals surface area contributed by atoms with Gasteiger partial charge in [-0.25, -0.2) is 4.98 Å². The molecule has 116 valence electrons. The fraction of sp³-hybridized carbons (Fsp3) is 0.500. The molecule has 2 rings (SSSR count). The Kier molecular flexibility index (Phi) is 4.82. The highest BCUT2D eigenvalue weighted by Gasteiger charge is 2.30. The van der Waals surface area contributed by atoms with Gasteiger partial charge in [0.1, 0.15) is 10.8 Å². The Morgan fingerprint density at radius 3 is 2.38 bits per heavy atom. The molecule has 0 N–H and O–H groups in total. The van der Waals surface area contributed by atoms with Crippen LogP contribution in [0.3, 0.4) is 0 Å². The van der Waals surface area contributed by atoms with Gasteiger partial charge in [-0.2, -0.15) is 17.0 Å². The first-order valence-corrected chi connectivity index (χ1v) is 8.19. The molecule has 21 heavy (non-hydrogen) atoms. The first kappa shape index (κ1) is 16.2. The van der Waals surface area contributed by atoms with Crippen LogP contribution < -0.4 is 0 Å². The molecule has 2 heterocycles. The molecule has 0 saturated carbocycles. The summed E-state index contributed by atoms with van der Waals surface area (Å²) in [6.07, 6.45) is 0. The smallest absolute Gasteiger partial charge is 0.281 e. The fourth-order valence-corrected chi connectivity index (χ4v) is 3.29. The van der Waals surface area contributed by atoms with E-state index in [-0.39, 0.29) is 29.8 Å². The molecular weight excluding hydrogens is 316 g/mol. The minimum absolute atomic E-state index is 0.237. The average molecular weight is 333 g/mol. The second kappa shape index (κ2) is 6.27. The highest BCUT2D eigenvalue weighted by Crippen LogP contribution is 2.13. The Bertz CT molecular complexity index is 627. The topological polar surface area (TPSA) is 73.8 Å². The van der Waals surface area contributed by atoms with E-state index in [1.54, 1.807) is 23.1 Å². The van der Waals surface area contributed by atoms with Gasteiger partial charge >= 0.3 is 0 Å². The predicted octanol–water partition coefficient (Wildman–Crippen LogP) is 0.299. The van der Waals surface area contributed by atoms with Crippen molar-refractivity contribution in [3.05, 3.63) is 29.0 Å². The van der Waals surface area contributed by atoms with Crippen LogP contribution in [-0.4, -0.2) is 73.1 Å². The normalized spacial score (nSPS) is 17.2. The lowest BCUT2D eigenvalue weighted by atomic mass is 10.3. The average Bonchev–Trinajstić information content (AvgIpc) is 2.46. The molecule has 0 bridgehead atoms. The van der Waals surface area contributed by atoms with E-state index in [9.17, 15) is 13.2 Å². The summed E-state index contributed by atoms with van der Waals surface area (Å²) in [6.45, 7) is 1.21. The van der Waals surface area contributed by atoms with Crippen molar-refractivity contribution in [2.24, 2.45) is 0 Å². The summed E-state index contributed by atoms with van der Waals surface area (Å²) < 4.78 is 26.5. The third-order valence-corrected chi connectivity index (χ3v) is 5.40. The molecule has 7 nitrogen and oxygen atoms in total. The lowest BCUT2D eigenvalue weighted by Crippen LogP contribution is -2.53. The molecular formula is C12H17ClN4O3S. The van der Waals surface area contributed by atoms with Crippen LogP contribution in [0.25, 0.3) is 0 Å². The van der Waals surface area contributed by atoms with Crippen LogP contribution in [-0.2, 0) is 10.2 Å². The molecule has 0 aliphatic carbocycles. The zero-order valence-corrected chi connectivity index (χ0v) is 13.4. The van der Waals surface area contributed by atoms with Crippen LogP contribution in [0.5, 0.6) is 0 Å². The van der Waals surface area contributed by atoms with Crippen molar-refractivity contribution in [1.29, 1.82) is 0 Å². The number of halogens is 1. The molecule has 1 aromatic rings. The number of hydrogen-bond acceptors (Lipinski definition) is 4. The zero-order valence-electron chi connectivity index (χ0n) is 11.9. The van der Waals surface area contributed by atoms with E-state index in [0.717, 1.165) is 0 Å². The Hall–Kier alpha value is -1.22. The summed E-state index contributed by atoms with van der Waals surface area (Å²) in [5.41, 5.74) is 0.270. The van der Waals surface area contributed by atoms with E-state index in [2.05, 4.69) is 4.98 Å². The third-order valence-electron chi connectivity index (χ3n) is 3.25. The molecule has 0 atom stereocenters. The minimum atomic E-state index is -3.43. The molecule has 9 heteroatoms. The summed E-state index contributed by atoms with van der Waals surface area (Å²) in [4.78, 5) is 17.8. The number of nitrogens with zero attached hydrogens (tertiary/aromatic N) is 4. The van der Waals surface area contributed by atoms with Gasteiger partial charge in [-0.05, 0) is 12.1 Å². The number of hydrogen-bond donors (Lipinski definition) is 0. The largest absolute Gasteiger partial charge is 0.335 e. The summed E-state index contributed by atoms with van der Waals surface area (Å²) in [7, 11) is -0.451. The van der Waals surface area contributed by atoms with E-state index >= 15 is 0 Å². The van der Waals surface area contributed by atoms with Crippen molar-refractivity contribution in [1.82, 2.24) is 18.5 Å². The van der Waals surface area contributed by atoms with Crippen LogP contribution >= 0.6 is 11.6 Å². The van der Waals surface area contributed by atoms with Crippen molar-refractivity contribution in [3.8, 4) is 0 Å². The van der Waals surface area contributed by atoms with E-state index in [4.69, 9.17) is 11.6 Å². The molecule has 0 radical (unpaired) electrons. The SMILES string of the molecule is CN(C)S(=O)(=O)N1CCN(C(=O)c2cccc(Cl)n2)CC1. The molecule has 0 spiro atoms. The third kappa shape index (κ3) is 3.52. The van der Waals surface area contributed by atoms with Crippen molar-refractivity contribution < 1.29 is 13.2 Å². The van der Waals surface area contributed by atoms with Crippen molar-refractivity contribution in [2.75, 3.05) is 40.3 Å². The van der Waals surface area contributed by atoms with Gasteiger partial charge in [0.25, 0.3) is 16.1 Å². The van der Waals surface area contributed by atoms with E-state index in [1.807, 2.05) is 0 Å². The minimum Gasteiger partial charge on any atom is -0.335 e. The van der Waals surface area contributed by atoms with E-state index in [0.29, 0.717) is 13.1 Å². The molecule has 1 saturated heterocycles. The van der Waals surface area contributed by atoms with Gasteiger partial charge in [-0.3, -0.25) is 4.79 Å². The number of amides is 1. The maximum atomic E-state index is 12.3. The first-order chi connectivity index (χ1) is 9.82. The zero-order chi connectivity index (χ0) is 15.6. The van der Waals surface area contributed by atoms with Crippen LogP contribution in [0, 0.1) is 0 Å². The summed E-state index contributed by atoms with van der Waals surface area (Å²) >= 11 is 5.77. The second-order valence-corrected chi connectivity index (χ2v) is 7.36. The predicted molar refractivity (Wildman–Crippen MR) is 79.3 cm³/mol. The van der Waals surface area contributed by atoms with Crippen LogP contribution in [0.15, 0.2) is 18.2 Å². The molecule has 0 unspecified atom stereocenters. The molecule has 1 aromatic heterocycles. The number of pyridine rings is 1. The highest BCUT2D eigenvalue weighted by atomic mass is 35.5. The molecule has 1 aliphatic heterocycles. The highest BCUT2D eigenvalue weighted by molar-refractivity contribution is 7.86. The Balaban J connectivity index is 2.03. The summed E-state index contributed by atoms with van der Waals surface area (Å²) in [6, 6.07) is 4.85. The lowest BCUT2D eigenvalue weighted by molar-refractivity contribution is 0.0689. The van der Waals surface area contributed by atoms with Gasteiger partial charge in [0, 0.05) is 40.3 Å². The molecule has 1 amide bonds. The Morgan fingerprint density at radius 2 is 1.86 bits per heavy atom. The van der Waals surface area contributed by atoms with Gasteiger partial charge in [0.05, 0.1) is 0 Å². The Labute approximate surface area is 129 Å². The first-order valence-electron chi connectivity index (χ1n) is 6.42. The standard InChI is InChI=1S/C12H17ClN4O3S/c1-15(2)21(19,20)17-8-6-16(7-9-17)12(18)10-4-3-5-11(13)14-10/h3-5H,6-9H2,1-2H3. The maximum Gasteiger partial charge on any atom is 0.281 e. The van der Waals surface area contributed by atoms with Gasteiger partial charge in [0.2, 0.25) is 0 Å². The number of carbonyl (C=O) groups is 1. The monoisotopic (exact) mass is 332 g/mol. The molecule has 1 fully saturated rings. The van der Waals surface area contributed by atoms with Crippen LogP contribution in [0.2, 0.25) is 5.15 Å². The number of carbonyl (C=O) groups excluding carboxylic acids is 1. The van der Waals surface area contributed by atoms with Crippen LogP contribution in [0.4, 0.5) is 0 Å². The maximum absolute atomic E-state index is 12.3. The quantitative estimate of drug-likeness (QED) is 0.746. The van der Waals surface area contributed by atoms with E-state index < -0.39 is 10.2 Å². The van der Waals surface area contributed by atoms with Crippen LogP contribution in [0.1, 0.15) is 10.5 Å². The van der Waals surface area contributed by atoms with Crippen molar-refractivity contribution in [2.45, 2.75) is 0 Å². The number of aromatic nitrogens is 1. The fourth-order valence-electron chi connectivity index (χ4n) is 2.04. The van der Waals surface area contributed by atoms with Crippen molar-refractivity contribution in [3.63, 3.8) is 0 Å². The summed E-state index contributed by atoms with van der Waals surface area (Å²) in [5, 5.41) is 0.259. The molecule has 1 aliphatic rings. The van der Waals surface area contributed by atoms with Gasteiger partial charge < -0.3 is 4.90 Å².